The zero-order valence-corrected chi connectivity index (χ0v) is 19.7. The van der Waals surface area contributed by atoms with Gasteiger partial charge in [0.1, 0.15) is 6.04 Å². The molecule has 1 atom stereocenters. The van der Waals surface area contributed by atoms with E-state index in [1.807, 2.05) is 75.4 Å². The molecular formula is C24H31ClN2O2S. The van der Waals surface area contributed by atoms with Gasteiger partial charge >= 0.3 is 0 Å². The van der Waals surface area contributed by atoms with Gasteiger partial charge in [0.05, 0.1) is 5.75 Å². The number of hydrogen-bond acceptors (Lipinski definition) is 3. The van der Waals surface area contributed by atoms with E-state index in [0.717, 1.165) is 11.1 Å². The van der Waals surface area contributed by atoms with Gasteiger partial charge in [-0.3, -0.25) is 9.59 Å². The molecule has 2 aromatic rings. The van der Waals surface area contributed by atoms with Crippen LogP contribution < -0.4 is 5.32 Å². The highest BCUT2D eigenvalue weighted by molar-refractivity contribution is 7.99. The van der Waals surface area contributed by atoms with E-state index >= 15 is 0 Å². The van der Waals surface area contributed by atoms with Crippen molar-refractivity contribution in [1.29, 1.82) is 0 Å². The molecule has 2 rings (SSSR count). The van der Waals surface area contributed by atoms with Crippen molar-refractivity contribution in [3.05, 3.63) is 70.7 Å². The summed E-state index contributed by atoms with van der Waals surface area (Å²) in [5.41, 5.74) is 1.88. The standard InChI is InChI=1S/C24H31ClN2O2S/c1-18(23(29)26-24(2,3)4)27(14-13-19-9-6-5-7-10-19)22(28)17-30-16-20-11-8-12-21(25)15-20/h5-12,15,18H,13-14,16-17H2,1-4H3,(H,26,29)/t18-/m0/s1. The maximum absolute atomic E-state index is 13.0. The molecule has 4 nitrogen and oxygen atoms in total. The molecule has 6 heteroatoms. The van der Waals surface area contributed by atoms with Gasteiger partial charge in [-0.15, -0.1) is 11.8 Å². The lowest BCUT2D eigenvalue weighted by molar-refractivity contribution is -0.138. The van der Waals surface area contributed by atoms with E-state index in [2.05, 4.69) is 5.32 Å². The van der Waals surface area contributed by atoms with Crippen LogP contribution >= 0.6 is 23.4 Å². The summed E-state index contributed by atoms with van der Waals surface area (Å²) >= 11 is 7.57. The fourth-order valence-electron chi connectivity index (χ4n) is 3.01. The molecule has 30 heavy (non-hydrogen) atoms. The normalized spacial score (nSPS) is 12.3. The van der Waals surface area contributed by atoms with Crippen LogP contribution in [0.2, 0.25) is 5.02 Å². The molecule has 0 aliphatic heterocycles. The summed E-state index contributed by atoms with van der Waals surface area (Å²) in [6.07, 6.45) is 0.707. The van der Waals surface area contributed by atoms with E-state index in [-0.39, 0.29) is 17.4 Å². The van der Waals surface area contributed by atoms with Crippen LogP contribution in [0.1, 0.15) is 38.8 Å². The summed E-state index contributed by atoms with van der Waals surface area (Å²) in [5, 5.41) is 3.68. The number of carbonyl (C=O) groups is 2. The number of benzene rings is 2. The van der Waals surface area contributed by atoms with Gasteiger partial charge < -0.3 is 10.2 Å². The van der Waals surface area contributed by atoms with Crippen molar-refractivity contribution in [2.45, 2.75) is 51.4 Å². The number of hydrogen-bond donors (Lipinski definition) is 1. The fourth-order valence-corrected chi connectivity index (χ4v) is 4.08. The SMILES string of the molecule is C[C@@H](C(=O)NC(C)(C)C)N(CCc1ccccc1)C(=O)CSCc1cccc(Cl)c1. The van der Waals surface area contributed by atoms with E-state index in [9.17, 15) is 9.59 Å². The second-order valence-corrected chi connectivity index (χ2v) is 9.78. The molecule has 0 aliphatic carbocycles. The van der Waals surface area contributed by atoms with Crippen LogP contribution in [0.3, 0.4) is 0 Å². The second kappa shape index (κ2) is 11.4. The molecule has 0 aromatic heterocycles. The lowest BCUT2D eigenvalue weighted by Gasteiger charge is -2.31. The molecule has 0 saturated heterocycles. The fraction of sp³-hybridized carbons (Fsp3) is 0.417. The summed E-state index contributed by atoms with van der Waals surface area (Å²) in [6.45, 7) is 8.11. The minimum absolute atomic E-state index is 0.0329. The van der Waals surface area contributed by atoms with E-state index < -0.39 is 6.04 Å². The van der Waals surface area contributed by atoms with Crippen molar-refractivity contribution in [3.8, 4) is 0 Å². The topological polar surface area (TPSA) is 49.4 Å². The van der Waals surface area contributed by atoms with Crippen molar-refractivity contribution >= 4 is 35.2 Å². The molecule has 0 heterocycles. The first kappa shape index (κ1) is 24.3. The molecule has 162 valence electrons. The largest absolute Gasteiger partial charge is 0.350 e. The molecular weight excluding hydrogens is 416 g/mol. The van der Waals surface area contributed by atoms with Gasteiger partial charge in [-0.05, 0) is 57.4 Å². The molecule has 0 bridgehead atoms. The first-order chi connectivity index (χ1) is 14.2. The van der Waals surface area contributed by atoms with Crippen molar-refractivity contribution in [2.75, 3.05) is 12.3 Å². The molecule has 2 amide bonds. The Kier molecular flexibility index (Phi) is 9.25. The maximum Gasteiger partial charge on any atom is 0.242 e. The van der Waals surface area contributed by atoms with Crippen LogP contribution in [-0.4, -0.2) is 40.6 Å². The third-order valence-electron chi connectivity index (χ3n) is 4.53. The van der Waals surface area contributed by atoms with Crippen molar-refractivity contribution < 1.29 is 9.59 Å². The predicted molar refractivity (Wildman–Crippen MR) is 127 cm³/mol. The van der Waals surface area contributed by atoms with Crippen LogP contribution in [0.25, 0.3) is 0 Å². The number of nitrogens with one attached hydrogen (secondary N) is 1. The predicted octanol–water partition coefficient (Wildman–Crippen LogP) is 4.95. The highest BCUT2D eigenvalue weighted by atomic mass is 35.5. The summed E-state index contributed by atoms with van der Waals surface area (Å²) in [6, 6.07) is 17.1. The summed E-state index contributed by atoms with van der Waals surface area (Å²) in [4.78, 5) is 27.4. The molecule has 1 N–H and O–H groups in total. The van der Waals surface area contributed by atoms with E-state index in [1.54, 1.807) is 11.8 Å². The Morgan fingerprint density at radius 2 is 1.73 bits per heavy atom. The molecule has 0 unspecified atom stereocenters. The van der Waals surface area contributed by atoms with Crippen molar-refractivity contribution in [2.24, 2.45) is 0 Å². The number of carbonyl (C=O) groups excluding carboxylic acids is 2. The maximum atomic E-state index is 13.0. The zero-order chi connectivity index (χ0) is 22.1. The van der Waals surface area contributed by atoms with Crippen molar-refractivity contribution in [3.63, 3.8) is 0 Å². The molecule has 0 spiro atoms. The number of nitrogens with zero attached hydrogens (tertiary/aromatic N) is 1. The number of thioether (sulfide) groups is 1. The Morgan fingerprint density at radius 3 is 2.37 bits per heavy atom. The van der Waals surface area contributed by atoms with Crippen LogP contribution in [-0.2, 0) is 21.8 Å². The van der Waals surface area contributed by atoms with E-state index in [0.29, 0.717) is 29.5 Å². The van der Waals surface area contributed by atoms with Gasteiger partial charge in [-0.1, -0.05) is 54.1 Å². The highest BCUT2D eigenvalue weighted by Crippen LogP contribution is 2.18. The minimum atomic E-state index is -0.535. The first-order valence-electron chi connectivity index (χ1n) is 10.1. The van der Waals surface area contributed by atoms with Gasteiger partial charge in [0.15, 0.2) is 0 Å². The quantitative estimate of drug-likeness (QED) is 0.593. The molecule has 0 aliphatic rings. The Morgan fingerprint density at radius 1 is 1.07 bits per heavy atom. The van der Waals surface area contributed by atoms with Crippen LogP contribution in [0.15, 0.2) is 54.6 Å². The molecule has 0 radical (unpaired) electrons. The Balaban J connectivity index is 2.02. The summed E-state index contributed by atoms with van der Waals surface area (Å²) in [7, 11) is 0. The average molecular weight is 447 g/mol. The van der Waals surface area contributed by atoms with Crippen LogP contribution in [0, 0.1) is 0 Å². The van der Waals surface area contributed by atoms with Gasteiger partial charge in [0, 0.05) is 22.9 Å². The second-order valence-electron chi connectivity index (χ2n) is 8.36. The smallest absolute Gasteiger partial charge is 0.242 e. The van der Waals surface area contributed by atoms with Gasteiger partial charge in [0.2, 0.25) is 11.8 Å². The van der Waals surface area contributed by atoms with Gasteiger partial charge in [0.25, 0.3) is 0 Å². The lowest BCUT2D eigenvalue weighted by atomic mass is 10.1. The van der Waals surface area contributed by atoms with Gasteiger partial charge in [-0.25, -0.2) is 0 Å². The minimum Gasteiger partial charge on any atom is -0.350 e. The monoisotopic (exact) mass is 446 g/mol. The lowest BCUT2D eigenvalue weighted by Crippen LogP contribution is -2.53. The van der Waals surface area contributed by atoms with Crippen molar-refractivity contribution in [1.82, 2.24) is 10.2 Å². The third kappa shape index (κ3) is 8.41. The first-order valence-corrected chi connectivity index (χ1v) is 11.7. The Labute approximate surface area is 189 Å². The number of halogens is 1. The molecule has 2 aromatic carbocycles. The highest BCUT2D eigenvalue weighted by Gasteiger charge is 2.27. The van der Waals surface area contributed by atoms with Crippen LogP contribution in [0.5, 0.6) is 0 Å². The summed E-state index contributed by atoms with van der Waals surface area (Å²) < 4.78 is 0. The summed E-state index contributed by atoms with van der Waals surface area (Å²) in [5.74, 6) is 0.841. The Bertz CT molecular complexity index is 837. The van der Waals surface area contributed by atoms with E-state index in [1.165, 1.54) is 11.8 Å². The zero-order valence-electron chi connectivity index (χ0n) is 18.2. The molecule has 0 fully saturated rings. The van der Waals surface area contributed by atoms with Gasteiger partial charge in [-0.2, -0.15) is 0 Å². The van der Waals surface area contributed by atoms with E-state index in [4.69, 9.17) is 11.6 Å². The number of rotatable bonds is 9. The average Bonchev–Trinajstić information content (AvgIpc) is 2.67. The Hall–Kier alpha value is -1.98. The third-order valence-corrected chi connectivity index (χ3v) is 5.76. The number of amides is 2. The van der Waals surface area contributed by atoms with Crippen LogP contribution in [0.4, 0.5) is 0 Å². The molecule has 0 saturated carbocycles.